The van der Waals surface area contributed by atoms with Crippen LogP contribution in [0.5, 0.6) is 0 Å². The van der Waals surface area contributed by atoms with Crippen molar-refractivity contribution in [1.29, 1.82) is 0 Å². The van der Waals surface area contributed by atoms with Crippen molar-refractivity contribution in [1.82, 2.24) is 0 Å². The lowest BCUT2D eigenvalue weighted by atomic mass is 9.77. The van der Waals surface area contributed by atoms with Crippen LogP contribution in [0, 0.1) is 11.8 Å². The van der Waals surface area contributed by atoms with Gasteiger partial charge in [0, 0.05) is 11.1 Å². The van der Waals surface area contributed by atoms with Crippen LogP contribution in [-0.4, -0.2) is 29.0 Å². The Hall–Kier alpha value is -4.11. The molecule has 6 rings (SSSR count). The fourth-order valence-corrected chi connectivity index (χ4v) is 5.54. The predicted octanol–water partition coefficient (Wildman–Crippen LogP) is 4.40. The Balaban J connectivity index is 1.53. The third kappa shape index (κ3) is 2.83. The van der Waals surface area contributed by atoms with Gasteiger partial charge in [0.05, 0.1) is 29.2 Å². The minimum absolute atomic E-state index is 0.0766. The maximum absolute atomic E-state index is 13.8. The van der Waals surface area contributed by atoms with Crippen LogP contribution < -0.4 is 4.90 Å². The van der Waals surface area contributed by atoms with E-state index in [2.05, 4.69) is 0 Å². The second kappa shape index (κ2) is 7.44. The maximum atomic E-state index is 13.8. The van der Waals surface area contributed by atoms with Gasteiger partial charge in [-0.15, -0.1) is 0 Å². The van der Waals surface area contributed by atoms with Gasteiger partial charge in [-0.3, -0.25) is 19.2 Å². The van der Waals surface area contributed by atoms with Crippen LogP contribution in [0.1, 0.15) is 37.9 Å². The van der Waals surface area contributed by atoms with Gasteiger partial charge in [0.15, 0.2) is 0 Å². The van der Waals surface area contributed by atoms with Crippen molar-refractivity contribution in [3.05, 3.63) is 101 Å². The molecular formula is C27H16F3NO5. The highest BCUT2D eigenvalue weighted by molar-refractivity contribution is 6.37. The Morgan fingerprint density at radius 3 is 1.97 bits per heavy atom. The Labute approximate surface area is 202 Å². The van der Waals surface area contributed by atoms with E-state index in [-0.39, 0.29) is 16.8 Å². The van der Waals surface area contributed by atoms with E-state index in [0.29, 0.717) is 16.5 Å². The predicted molar refractivity (Wildman–Crippen MR) is 119 cm³/mol. The zero-order valence-corrected chi connectivity index (χ0v) is 18.4. The van der Waals surface area contributed by atoms with Gasteiger partial charge in [0.25, 0.3) is 0 Å². The van der Waals surface area contributed by atoms with Crippen LogP contribution in [-0.2, 0) is 20.5 Å². The van der Waals surface area contributed by atoms with Gasteiger partial charge >= 0.3 is 6.18 Å². The molecule has 2 amide bonds. The zero-order valence-electron chi connectivity index (χ0n) is 18.4. The third-order valence-corrected chi connectivity index (χ3v) is 7.08. The van der Waals surface area contributed by atoms with Crippen molar-refractivity contribution in [3.63, 3.8) is 0 Å². The largest absolute Gasteiger partial charge is 0.416 e. The van der Waals surface area contributed by atoms with Gasteiger partial charge in [-0.25, -0.2) is 4.90 Å². The second-order valence-corrected chi connectivity index (χ2v) is 8.95. The van der Waals surface area contributed by atoms with Gasteiger partial charge < -0.3 is 4.74 Å². The van der Waals surface area contributed by atoms with Crippen LogP contribution in [0.2, 0.25) is 0 Å². The molecule has 0 bridgehead atoms. The molecule has 3 aromatic carbocycles. The van der Waals surface area contributed by atoms with E-state index < -0.39 is 58.7 Å². The normalized spacial score (nSPS) is 24.5. The molecule has 2 fully saturated rings. The number of carbonyl (C=O) groups excluding carboxylic acids is 4. The SMILES string of the molecule is O=C1[C@@H]2[C@@H](c3ccccc3)OC3(C(=O)c4ccccc4C3=O)[C@@H]2C(=O)N1c1cccc(C(F)(F)F)c1. The number of imide groups is 1. The minimum atomic E-state index is -4.70. The average Bonchev–Trinajstić information content (AvgIpc) is 3.44. The average molecular weight is 491 g/mol. The highest BCUT2D eigenvalue weighted by Gasteiger charge is 2.74. The number of benzene rings is 3. The summed E-state index contributed by atoms with van der Waals surface area (Å²) in [4.78, 5) is 55.4. The topological polar surface area (TPSA) is 80.8 Å². The summed E-state index contributed by atoms with van der Waals surface area (Å²) in [5, 5.41) is 0. The number of ketones is 2. The van der Waals surface area contributed by atoms with Gasteiger partial charge in [0.1, 0.15) is 0 Å². The number of nitrogens with zero attached hydrogens (tertiary/aromatic N) is 1. The number of amides is 2. The zero-order chi connectivity index (χ0) is 25.4. The van der Waals surface area contributed by atoms with Gasteiger partial charge in [-0.05, 0) is 23.8 Å². The van der Waals surface area contributed by atoms with E-state index in [1.807, 2.05) is 0 Å². The number of anilines is 1. The van der Waals surface area contributed by atoms with Crippen molar-refractivity contribution < 1.29 is 37.1 Å². The van der Waals surface area contributed by atoms with Crippen molar-refractivity contribution in [2.24, 2.45) is 11.8 Å². The molecule has 3 aliphatic rings. The van der Waals surface area contributed by atoms with Gasteiger partial charge in [-0.1, -0.05) is 60.7 Å². The number of hydrogen-bond acceptors (Lipinski definition) is 5. The molecular weight excluding hydrogens is 475 g/mol. The molecule has 0 unspecified atom stereocenters. The maximum Gasteiger partial charge on any atom is 0.416 e. The summed E-state index contributed by atoms with van der Waals surface area (Å²) < 4.78 is 46.2. The number of Topliss-reactive ketones (excluding diaryl/α,β-unsaturated/α-hetero) is 2. The lowest BCUT2D eigenvalue weighted by Crippen LogP contribution is -2.51. The summed E-state index contributed by atoms with van der Waals surface area (Å²) in [5.74, 6) is -6.05. The molecule has 36 heavy (non-hydrogen) atoms. The van der Waals surface area contributed by atoms with Crippen LogP contribution >= 0.6 is 0 Å². The molecule has 2 aliphatic heterocycles. The van der Waals surface area contributed by atoms with E-state index in [1.165, 1.54) is 18.2 Å². The lowest BCUT2D eigenvalue weighted by molar-refractivity contribution is -0.137. The number of rotatable bonds is 2. The summed E-state index contributed by atoms with van der Waals surface area (Å²) in [5.41, 5.74) is -2.98. The summed E-state index contributed by atoms with van der Waals surface area (Å²) in [6.07, 6.45) is -5.83. The van der Waals surface area contributed by atoms with Crippen LogP contribution in [0.3, 0.4) is 0 Å². The molecule has 2 saturated heterocycles. The van der Waals surface area contributed by atoms with E-state index in [4.69, 9.17) is 4.74 Å². The summed E-state index contributed by atoms with van der Waals surface area (Å²) in [6, 6.07) is 18.2. The van der Waals surface area contributed by atoms with Crippen molar-refractivity contribution >= 4 is 29.1 Å². The first-order valence-corrected chi connectivity index (χ1v) is 11.1. The highest BCUT2D eigenvalue weighted by atomic mass is 19.4. The quantitative estimate of drug-likeness (QED) is 0.392. The minimum Gasteiger partial charge on any atom is -0.349 e. The molecule has 0 N–H and O–H groups in total. The smallest absolute Gasteiger partial charge is 0.349 e. The lowest BCUT2D eigenvalue weighted by Gasteiger charge is -2.27. The Morgan fingerprint density at radius 1 is 0.750 bits per heavy atom. The molecule has 180 valence electrons. The van der Waals surface area contributed by atoms with E-state index in [9.17, 15) is 32.3 Å². The first kappa shape index (κ1) is 22.4. The van der Waals surface area contributed by atoms with E-state index in [1.54, 1.807) is 42.5 Å². The first-order chi connectivity index (χ1) is 17.2. The summed E-state index contributed by atoms with van der Waals surface area (Å²) in [6.45, 7) is 0. The number of fused-ring (bicyclic) bond motifs is 3. The molecule has 3 atom stereocenters. The molecule has 0 radical (unpaired) electrons. The molecule has 2 heterocycles. The summed E-state index contributed by atoms with van der Waals surface area (Å²) >= 11 is 0. The number of halogens is 3. The van der Waals surface area contributed by atoms with Crippen LogP contribution in [0.15, 0.2) is 78.9 Å². The van der Waals surface area contributed by atoms with Crippen LogP contribution in [0.4, 0.5) is 18.9 Å². The molecule has 1 spiro atoms. The number of ether oxygens (including phenoxy) is 1. The number of carbonyl (C=O) groups is 4. The Morgan fingerprint density at radius 2 is 1.36 bits per heavy atom. The third-order valence-electron chi connectivity index (χ3n) is 7.08. The molecule has 6 nitrogen and oxygen atoms in total. The second-order valence-electron chi connectivity index (χ2n) is 8.95. The Bertz CT molecular complexity index is 1430. The number of alkyl halides is 3. The Kier molecular flexibility index (Phi) is 4.62. The van der Waals surface area contributed by atoms with Crippen LogP contribution in [0.25, 0.3) is 0 Å². The first-order valence-electron chi connectivity index (χ1n) is 11.1. The standard InChI is InChI=1S/C27H16F3NO5/c28-27(29,30)15-9-6-10-16(13-15)31-24(34)19-20(25(31)35)26(36-21(19)14-7-2-1-3-8-14)22(32)17-11-4-5-12-18(17)23(26)33/h1-13,19-21H/t19-,20-,21+/m0/s1. The summed E-state index contributed by atoms with van der Waals surface area (Å²) in [7, 11) is 0. The van der Waals surface area contributed by atoms with Gasteiger partial charge in [0.2, 0.25) is 29.0 Å². The molecule has 0 aromatic heterocycles. The molecule has 9 heteroatoms. The van der Waals surface area contributed by atoms with Crippen molar-refractivity contribution in [2.45, 2.75) is 17.9 Å². The van der Waals surface area contributed by atoms with Gasteiger partial charge in [-0.2, -0.15) is 13.2 Å². The number of hydrogen-bond donors (Lipinski definition) is 0. The fourth-order valence-electron chi connectivity index (χ4n) is 5.54. The molecule has 0 saturated carbocycles. The van der Waals surface area contributed by atoms with E-state index >= 15 is 0 Å². The molecule has 3 aromatic rings. The molecule has 1 aliphatic carbocycles. The highest BCUT2D eigenvalue weighted by Crippen LogP contribution is 2.57. The van der Waals surface area contributed by atoms with E-state index in [0.717, 1.165) is 12.1 Å². The fraction of sp³-hybridized carbons (Fsp3) is 0.185. The van der Waals surface area contributed by atoms with Crippen molar-refractivity contribution in [2.75, 3.05) is 4.90 Å². The van der Waals surface area contributed by atoms with Crippen molar-refractivity contribution in [3.8, 4) is 0 Å². The monoisotopic (exact) mass is 491 g/mol.